The monoisotopic (exact) mass is 247 g/mol. The molecular formula is C14H17NO3. The van der Waals surface area contributed by atoms with Crippen molar-refractivity contribution in [2.24, 2.45) is 0 Å². The first-order valence-electron chi connectivity index (χ1n) is 6.33. The molecule has 2 fully saturated rings. The van der Waals surface area contributed by atoms with Crippen LogP contribution in [0.15, 0.2) is 30.3 Å². The van der Waals surface area contributed by atoms with Crippen LogP contribution < -0.4 is 0 Å². The number of carbonyl (C=O) groups is 1. The van der Waals surface area contributed by atoms with Gasteiger partial charge >= 0.3 is 6.09 Å². The van der Waals surface area contributed by atoms with Crippen LogP contribution in [0.1, 0.15) is 18.9 Å². The highest BCUT2D eigenvalue weighted by Crippen LogP contribution is 2.44. The molecule has 18 heavy (non-hydrogen) atoms. The molecule has 1 amide bonds. The molecule has 2 saturated heterocycles. The first-order chi connectivity index (χ1) is 8.70. The lowest BCUT2D eigenvalue weighted by molar-refractivity contribution is 0.102. The topological polar surface area (TPSA) is 42.1 Å². The minimum atomic E-state index is -0.238. The van der Waals surface area contributed by atoms with E-state index in [1.807, 2.05) is 30.3 Å². The molecule has 2 heterocycles. The number of epoxide rings is 1. The molecule has 1 aromatic rings. The summed E-state index contributed by atoms with van der Waals surface area (Å²) in [6.07, 6.45) is 0.970. The number of nitrogens with zero attached hydrogens (tertiary/aromatic N) is 1. The number of ether oxygens (including phenoxy) is 2. The van der Waals surface area contributed by atoms with Crippen LogP contribution in [-0.4, -0.2) is 35.8 Å². The molecule has 0 aromatic heterocycles. The van der Waals surface area contributed by atoms with Crippen molar-refractivity contribution >= 4 is 6.09 Å². The van der Waals surface area contributed by atoms with E-state index in [-0.39, 0.29) is 17.8 Å². The lowest BCUT2D eigenvalue weighted by Crippen LogP contribution is -2.31. The Morgan fingerprint density at radius 2 is 2.22 bits per heavy atom. The van der Waals surface area contributed by atoms with Gasteiger partial charge in [0.2, 0.25) is 0 Å². The number of hydrogen-bond acceptors (Lipinski definition) is 3. The van der Waals surface area contributed by atoms with E-state index in [4.69, 9.17) is 9.47 Å². The molecule has 4 nitrogen and oxygen atoms in total. The second kappa shape index (κ2) is 4.28. The van der Waals surface area contributed by atoms with Crippen molar-refractivity contribution in [3.05, 3.63) is 35.9 Å². The largest absolute Gasteiger partial charge is 0.445 e. The summed E-state index contributed by atoms with van der Waals surface area (Å²) in [5.74, 6) is 0. The van der Waals surface area contributed by atoms with Gasteiger partial charge in [-0.2, -0.15) is 0 Å². The Kier molecular flexibility index (Phi) is 2.74. The van der Waals surface area contributed by atoms with E-state index in [2.05, 4.69) is 6.92 Å². The van der Waals surface area contributed by atoms with Crippen LogP contribution in [0.2, 0.25) is 0 Å². The molecule has 4 heteroatoms. The highest BCUT2D eigenvalue weighted by Gasteiger charge is 2.58. The molecule has 2 aliphatic heterocycles. The zero-order chi connectivity index (χ0) is 12.6. The van der Waals surface area contributed by atoms with Gasteiger partial charge in [-0.1, -0.05) is 30.3 Å². The van der Waals surface area contributed by atoms with Crippen molar-refractivity contribution in [3.8, 4) is 0 Å². The maximum atomic E-state index is 11.9. The Bertz CT molecular complexity index is 448. The molecular weight excluding hydrogens is 230 g/mol. The van der Waals surface area contributed by atoms with Crippen molar-refractivity contribution < 1.29 is 14.3 Å². The minimum Gasteiger partial charge on any atom is -0.445 e. The fourth-order valence-corrected chi connectivity index (χ4v) is 2.52. The van der Waals surface area contributed by atoms with Gasteiger partial charge in [-0.3, -0.25) is 0 Å². The summed E-state index contributed by atoms with van der Waals surface area (Å²) < 4.78 is 10.9. The molecule has 1 spiro atoms. The highest BCUT2D eigenvalue weighted by atomic mass is 16.6. The zero-order valence-corrected chi connectivity index (χ0v) is 10.5. The molecule has 2 atom stereocenters. The average molecular weight is 247 g/mol. The van der Waals surface area contributed by atoms with Crippen LogP contribution in [0.4, 0.5) is 4.79 Å². The van der Waals surface area contributed by atoms with Crippen molar-refractivity contribution in [1.29, 1.82) is 0 Å². The van der Waals surface area contributed by atoms with Crippen molar-refractivity contribution in [2.45, 2.75) is 31.7 Å². The summed E-state index contributed by atoms with van der Waals surface area (Å²) in [5, 5.41) is 0. The second-order valence-electron chi connectivity index (χ2n) is 5.04. The van der Waals surface area contributed by atoms with Gasteiger partial charge in [0.15, 0.2) is 0 Å². The Labute approximate surface area is 106 Å². The number of rotatable bonds is 2. The van der Waals surface area contributed by atoms with Gasteiger partial charge in [-0.25, -0.2) is 4.79 Å². The first-order valence-corrected chi connectivity index (χ1v) is 6.33. The molecule has 0 bridgehead atoms. The van der Waals surface area contributed by atoms with Crippen molar-refractivity contribution in [2.75, 3.05) is 13.1 Å². The van der Waals surface area contributed by atoms with E-state index in [0.29, 0.717) is 13.2 Å². The molecule has 96 valence electrons. The molecule has 0 saturated carbocycles. The molecule has 1 aromatic carbocycles. The molecule has 2 unspecified atom stereocenters. The van der Waals surface area contributed by atoms with Crippen LogP contribution in [0.5, 0.6) is 0 Å². The summed E-state index contributed by atoms with van der Waals surface area (Å²) in [5.41, 5.74) is 0.946. The third-order valence-electron chi connectivity index (χ3n) is 3.82. The molecule has 0 aliphatic carbocycles. The number of benzene rings is 1. The number of likely N-dealkylation sites (tertiary alicyclic amines) is 1. The third kappa shape index (κ3) is 2.08. The highest BCUT2D eigenvalue weighted by molar-refractivity contribution is 5.68. The maximum absolute atomic E-state index is 11.9. The van der Waals surface area contributed by atoms with Gasteiger partial charge in [-0.05, 0) is 18.9 Å². The normalized spacial score (nSPS) is 29.6. The molecule has 3 rings (SSSR count). The Balaban J connectivity index is 1.51. The standard InChI is InChI=1S/C14H17NO3/c1-11-14(18-11)7-8-15(10-14)13(16)17-9-12-5-3-2-4-6-12/h2-6,11H,7-10H2,1H3. The lowest BCUT2D eigenvalue weighted by atomic mass is 10.1. The Morgan fingerprint density at radius 3 is 2.83 bits per heavy atom. The van der Waals surface area contributed by atoms with E-state index in [1.165, 1.54) is 0 Å². The van der Waals surface area contributed by atoms with Gasteiger partial charge in [0.05, 0.1) is 12.6 Å². The van der Waals surface area contributed by atoms with E-state index in [0.717, 1.165) is 18.5 Å². The van der Waals surface area contributed by atoms with E-state index in [1.54, 1.807) is 4.90 Å². The third-order valence-corrected chi connectivity index (χ3v) is 3.82. The smallest absolute Gasteiger partial charge is 0.410 e. The van der Waals surface area contributed by atoms with Crippen LogP contribution in [0.25, 0.3) is 0 Å². The van der Waals surface area contributed by atoms with Crippen LogP contribution in [-0.2, 0) is 16.1 Å². The molecule has 0 radical (unpaired) electrons. The van der Waals surface area contributed by atoms with Gasteiger partial charge in [0.25, 0.3) is 0 Å². The van der Waals surface area contributed by atoms with E-state index >= 15 is 0 Å². The number of amides is 1. The fourth-order valence-electron chi connectivity index (χ4n) is 2.52. The molecule has 0 N–H and O–H groups in total. The second-order valence-corrected chi connectivity index (χ2v) is 5.04. The quantitative estimate of drug-likeness (QED) is 0.752. The zero-order valence-electron chi connectivity index (χ0n) is 10.5. The molecule has 2 aliphatic rings. The fraction of sp³-hybridized carbons (Fsp3) is 0.500. The number of carbonyl (C=O) groups excluding carboxylic acids is 1. The van der Waals surface area contributed by atoms with Gasteiger partial charge in [-0.15, -0.1) is 0 Å². The summed E-state index contributed by atoms with van der Waals surface area (Å²) in [6, 6.07) is 9.72. The van der Waals surface area contributed by atoms with Crippen LogP contribution >= 0.6 is 0 Å². The summed E-state index contributed by atoms with van der Waals surface area (Å²) >= 11 is 0. The predicted octanol–water partition coefficient (Wildman–Crippen LogP) is 2.19. The van der Waals surface area contributed by atoms with Crippen molar-refractivity contribution in [1.82, 2.24) is 4.90 Å². The minimum absolute atomic E-state index is 0.0637. The Morgan fingerprint density at radius 1 is 1.50 bits per heavy atom. The summed E-state index contributed by atoms with van der Waals surface area (Å²) in [4.78, 5) is 13.6. The SMILES string of the molecule is CC1OC12CCN(C(=O)OCc1ccccc1)C2. The lowest BCUT2D eigenvalue weighted by Gasteiger charge is -2.15. The number of hydrogen-bond donors (Lipinski definition) is 0. The van der Waals surface area contributed by atoms with E-state index < -0.39 is 0 Å². The Hall–Kier alpha value is -1.55. The van der Waals surface area contributed by atoms with Crippen LogP contribution in [0, 0.1) is 0 Å². The van der Waals surface area contributed by atoms with Gasteiger partial charge in [0, 0.05) is 6.54 Å². The first kappa shape index (κ1) is 11.5. The predicted molar refractivity (Wildman–Crippen MR) is 66.1 cm³/mol. The summed E-state index contributed by atoms with van der Waals surface area (Å²) in [6.45, 7) is 3.79. The maximum Gasteiger partial charge on any atom is 0.410 e. The van der Waals surface area contributed by atoms with Crippen LogP contribution in [0.3, 0.4) is 0 Å². The van der Waals surface area contributed by atoms with Gasteiger partial charge < -0.3 is 14.4 Å². The van der Waals surface area contributed by atoms with Gasteiger partial charge in [0.1, 0.15) is 12.2 Å². The summed E-state index contributed by atoms with van der Waals surface area (Å²) in [7, 11) is 0. The van der Waals surface area contributed by atoms with E-state index in [9.17, 15) is 4.79 Å². The van der Waals surface area contributed by atoms with Crippen molar-refractivity contribution in [3.63, 3.8) is 0 Å². The average Bonchev–Trinajstić information content (AvgIpc) is 2.83.